The lowest BCUT2D eigenvalue weighted by atomic mass is 10.4. The van der Waals surface area contributed by atoms with Gasteiger partial charge < -0.3 is 20.6 Å². The summed E-state index contributed by atoms with van der Waals surface area (Å²) in [6, 6.07) is -1.24. The Hall–Kier alpha value is -2.00. The molecule has 0 aliphatic heterocycles. The summed E-state index contributed by atoms with van der Waals surface area (Å²) >= 11 is 0. The lowest BCUT2D eigenvalue weighted by Gasteiger charge is -2.26. The van der Waals surface area contributed by atoms with Gasteiger partial charge in [0.2, 0.25) is 5.91 Å². The molecule has 3 amide bonds. The summed E-state index contributed by atoms with van der Waals surface area (Å²) in [4.78, 5) is 33.2. The number of carboxylic acid groups (broad SMARTS) is 1. The molecule has 0 heterocycles. The van der Waals surface area contributed by atoms with Crippen LogP contribution in [0.25, 0.3) is 0 Å². The van der Waals surface area contributed by atoms with Gasteiger partial charge in [0.05, 0.1) is 0 Å². The normalized spacial score (nSPS) is 10.9. The number of nitrogens with two attached hydrogens (primary N) is 1. The monoisotopic (exact) mass is 271 g/mol. The van der Waals surface area contributed by atoms with Crippen LogP contribution in [0.15, 0.2) is 0 Å². The minimum absolute atomic E-state index is 0.256. The zero-order chi connectivity index (χ0) is 14.5. The number of hydrogen-bond donors (Lipinski definition) is 2. The number of carbonyl (C=O) groups excluding carboxylic acids is 2. The van der Waals surface area contributed by atoms with E-state index in [1.807, 2.05) is 0 Å². The smallest absolute Gasteiger partial charge is 0.406 e. The highest BCUT2D eigenvalue weighted by atomic mass is 19.4. The van der Waals surface area contributed by atoms with E-state index in [4.69, 9.17) is 10.8 Å². The van der Waals surface area contributed by atoms with Crippen LogP contribution in [0, 0.1) is 0 Å². The van der Waals surface area contributed by atoms with Gasteiger partial charge in [0.25, 0.3) is 0 Å². The minimum atomic E-state index is -4.62. The van der Waals surface area contributed by atoms with Crippen molar-refractivity contribution in [1.82, 2.24) is 9.80 Å². The molecule has 0 bridgehead atoms. The number of amides is 3. The van der Waals surface area contributed by atoms with Gasteiger partial charge in [-0.1, -0.05) is 0 Å². The van der Waals surface area contributed by atoms with Crippen LogP contribution in [-0.2, 0) is 9.59 Å². The predicted octanol–water partition coefficient (Wildman–Crippen LogP) is -0.528. The third-order valence-electron chi connectivity index (χ3n) is 1.69. The number of halogens is 3. The number of nitrogens with zero attached hydrogens (tertiary/aromatic N) is 2. The maximum atomic E-state index is 12.0. The van der Waals surface area contributed by atoms with E-state index in [0.29, 0.717) is 4.90 Å². The summed E-state index contributed by atoms with van der Waals surface area (Å²) in [5, 5.41) is 8.47. The Kier molecular flexibility index (Phi) is 5.40. The number of carbonyl (C=O) groups is 3. The second kappa shape index (κ2) is 6.07. The average Bonchev–Trinajstić information content (AvgIpc) is 2.11. The Balaban J connectivity index is 4.73. The molecule has 0 spiro atoms. The maximum absolute atomic E-state index is 12.0. The van der Waals surface area contributed by atoms with E-state index < -0.39 is 43.7 Å². The second-order valence-electron chi connectivity index (χ2n) is 3.47. The third kappa shape index (κ3) is 6.55. The zero-order valence-electron chi connectivity index (χ0n) is 9.40. The number of urea groups is 1. The van der Waals surface area contributed by atoms with Gasteiger partial charge in [-0.2, -0.15) is 13.2 Å². The number of rotatable bonds is 5. The van der Waals surface area contributed by atoms with Crippen LogP contribution < -0.4 is 5.73 Å². The van der Waals surface area contributed by atoms with Gasteiger partial charge in [-0.15, -0.1) is 0 Å². The van der Waals surface area contributed by atoms with Gasteiger partial charge >= 0.3 is 18.2 Å². The van der Waals surface area contributed by atoms with E-state index in [1.54, 1.807) is 0 Å². The molecule has 0 radical (unpaired) electrons. The Morgan fingerprint density at radius 3 is 2.06 bits per heavy atom. The number of primary amides is 1. The molecule has 0 atom stereocenters. The third-order valence-corrected chi connectivity index (χ3v) is 1.69. The van der Waals surface area contributed by atoms with Crippen molar-refractivity contribution in [2.45, 2.75) is 6.18 Å². The lowest BCUT2D eigenvalue weighted by Crippen LogP contribution is -2.49. The predicted molar refractivity (Wildman–Crippen MR) is 52.5 cm³/mol. The van der Waals surface area contributed by atoms with Crippen molar-refractivity contribution >= 4 is 17.9 Å². The summed E-state index contributed by atoms with van der Waals surface area (Å²) in [5.41, 5.74) is 4.77. The first-order valence-electron chi connectivity index (χ1n) is 4.60. The fourth-order valence-corrected chi connectivity index (χ4v) is 1.12. The van der Waals surface area contributed by atoms with Crippen molar-refractivity contribution in [1.29, 1.82) is 0 Å². The van der Waals surface area contributed by atoms with Crippen LogP contribution in [0.4, 0.5) is 18.0 Å². The van der Waals surface area contributed by atoms with Gasteiger partial charge in [0.1, 0.15) is 19.6 Å². The van der Waals surface area contributed by atoms with Crippen molar-refractivity contribution in [2.75, 3.05) is 26.7 Å². The number of hydrogen-bond acceptors (Lipinski definition) is 3. The van der Waals surface area contributed by atoms with Gasteiger partial charge in [-0.3, -0.25) is 9.59 Å². The average molecular weight is 271 g/mol. The molecular weight excluding hydrogens is 259 g/mol. The number of alkyl halides is 3. The highest BCUT2D eigenvalue weighted by Gasteiger charge is 2.33. The summed E-state index contributed by atoms with van der Waals surface area (Å²) in [7, 11) is 0.839. The number of aliphatic carboxylic acids is 1. The molecule has 0 aromatic carbocycles. The molecule has 0 fully saturated rings. The largest absolute Gasteiger partial charge is 0.480 e. The fourth-order valence-electron chi connectivity index (χ4n) is 1.12. The standard InChI is InChI=1S/C8H12F3N3O4/c1-13(4-8(9,10)11)7(18)14(2-5(12)15)3-6(16)17/h2-4H2,1H3,(H2,12,15)(H,16,17). The highest BCUT2D eigenvalue weighted by Crippen LogP contribution is 2.16. The number of carboxylic acids is 1. The fraction of sp³-hybridized carbons (Fsp3) is 0.625. The first-order valence-corrected chi connectivity index (χ1v) is 4.60. The van der Waals surface area contributed by atoms with E-state index in [1.165, 1.54) is 0 Å². The first kappa shape index (κ1) is 16.0. The topological polar surface area (TPSA) is 104 Å². The molecule has 10 heteroatoms. The van der Waals surface area contributed by atoms with Crippen LogP contribution in [0.2, 0.25) is 0 Å². The molecule has 104 valence electrons. The van der Waals surface area contributed by atoms with Crippen LogP contribution >= 0.6 is 0 Å². The molecule has 0 aliphatic rings. The summed E-state index contributed by atoms with van der Waals surface area (Å²) in [6.07, 6.45) is -4.62. The summed E-state index contributed by atoms with van der Waals surface area (Å²) < 4.78 is 36.1. The quantitative estimate of drug-likeness (QED) is 0.701. The first-order chi connectivity index (χ1) is 8.03. The minimum Gasteiger partial charge on any atom is -0.480 e. The molecule has 0 saturated heterocycles. The molecule has 0 aromatic rings. The van der Waals surface area contributed by atoms with Crippen molar-refractivity contribution in [3.8, 4) is 0 Å². The van der Waals surface area contributed by atoms with E-state index in [2.05, 4.69) is 0 Å². The molecular formula is C8H12F3N3O4. The van der Waals surface area contributed by atoms with E-state index in [9.17, 15) is 27.6 Å². The molecule has 0 aliphatic carbocycles. The summed E-state index contributed by atoms with van der Waals surface area (Å²) in [6.45, 7) is -3.24. The molecule has 0 unspecified atom stereocenters. The second-order valence-corrected chi connectivity index (χ2v) is 3.47. The Morgan fingerprint density at radius 2 is 1.72 bits per heavy atom. The van der Waals surface area contributed by atoms with Gasteiger partial charge in [0.15, 0.2) is 0 Å². The van der Waals surface area contributed by atoms with Gasteiger partial charge in [-0.25, -0.2) is 4.79 Å². The maximum Gasteiger partial charge on any atom is 0.406 e. The lowest BCUT2D eigenvalue weighted by molar-refractivity contribution is -0.140. The van der Waals surface area contributed by atoms with Gasteiger partial charge in [-0.05, 0) is 0 Å². The molecule has 3 N–H and O–H groups in total. The molecule has 0 saturated carbocycles. The van der Waals surface area contributed by atoms with E-state index in [0.717, 1.165) is 7.05 Å². The van der Waals surface area contributed by atoms with E-state index in [-0.39, 0.29) is 4.90 Å². The van der Waals surface area contributed by atoms with Crippen LogP contribution in [0.5, 0.6) is 0 Å². The van der Waals surface area contributed by atoms with E-state index >= 15 is 0 Å². The zero-order valence-corrected chi connectivity index (χ0v) is 9.40. The summed E-state index contributed by atoms with van der Waals surface area (Å²) in [5.74, 6) is -2.49. The van der Waals surface area contributed by atoms with Crippen LogP contribution in [0.3, 0.4) is 0 Å². The molecule has 7 nitrogen and oxygen atoms in total. The SMILES string of the molecule is CN(CC(F)(F)F)C(=O)N(CC(N)=O)CC(=O)O. The Bertz CT molecular complexity index is 329. The van der Waals surface area contributed by atoms with Gasteiger partial charge in [0, 0.05) is 7.05 Å². The molecule has 18 heavy (non-hydrogen) atoms. The van der Waals surface area contributed by atoms with Crippen LogP contribution in [-0.4, -0.2) is 65.7 Å². The van der Waals surface area contributed by atoms with Crippen molar-refractivity contribution in [3.63, 3.8) is 0 Å². The Morgan fingerprint density at radius 1 is 1.22 bits per heavy atom. The van der Waals surface area contributed by atoms with Crippen molar-refractivity contribution in [3.05, 3.63) is 0 Å². The molecule has 0 aromatic heterocycles. The van der Waals surface area contributed by atoms with Crippen molar-refractivity contribution < 1.29 is 32.7 Å². The molecule has 0 rings (SSSR count). The Labute approximate surface area is 99.9 Å². The van der Waals surface area contributed by atoms with Crippen LogP contribution in [0.1, 0.15) is 0 Å². The highest BCUT2D eigenvalue weighted by molar-refractivity contribution is 5.85. The van der Waals surface area contributed by atoms with Crippen molar-refractivity contribution in [2.24, 2.45) is 5.73 Å².